The number of rotatable bonds is 6. The normalized spacial score (nSPS) is 9.62. The van der Waals surface area contributed by atoms with Crippen LogP contribution in [-0.4, -0.2) is 51.5 Å². The van der Waals surface area contributed by atoms with Crippen LogP contribution in [0.4, 0.5) is 0 Å². The summed E-state index contributed by atoms with van der Waals surface area (Å²) in [4.78, 5) is 18.0. The Morgan fingerprint density at radius 2 is 0.447 bits per heavy atom. The van der Waals surface area contributed by atoms with Crippen LogP contribution >= 0.6 is 0 Å². The van der Waals surface area contributed by atoms with Gasteiger partial charge in [0.25, 0.3) is 11.9 Å². The quantitative estimate of drug-likeness (QED) is 0.241. The second kappa shape index (κ2) is 22.5. The van der Waals surface area contributed by atoms with E-state index >= 15 is 0 Å². The van der Waals surface area contributed by atoms with Gasteiger partial charge < -0.3 is 10.2 Å². The first-order valence-corrected chi connectivity index (χ1v) is 20.3. The topological polar surface area (TPSA) is 74.6 Å². The van der Waals surface area contributed by atoms with Crippen LogP contribution in [0.15, 0.2) is 182 Å². The van der Waals surface area contributed by atoms with E-state index in [1.165, 1.54) is 26.1 Å². The van der Waals surface area contributed by atoms with Crippen LogP contribution in [0.25, 0.3) is 0 Å². The molecule has 0 aliphatic rings. The molecule has 0 amide bonds. The number of hydrogen-bond donors (Lipinski definition) is 2. The molecule has 0 spiro atoms. The van der Waals surface area contributed by atoms with Gasteiger partial charge in [-0.25, -0.2) is 0 Å². The minimum absolute atomic E-state index is 0. The molecule has 242 valence electrons. The van der Waals surface area contributed by atoms with E-state index in [2.05, 4.69) is 182 Å². The SMILES string of the molecule is CC(=O)O.CC(=O)O.[Pd].c1ccc([As](c2ccccc2)c2ccccc2)cc1.c1ccc([As](c2ccccc2)c2ccccc2)cc1. The van der Waals surface area contributed by atoms with Gasteiger partial charge in [0.15, 0.2) is 0 Å². The number of carboxylic acids is 2. The summed E-state index contributed by atoms with van der Waals surface area (Å²) in [6, 6.07) is 65.4. The molecule has 0 saturated carbocycles. The first-order chi connectivity index (χ1) is 22.4. The summed E-state index contributed by atoms with van der Waals surface area (Å²) in [5.74, 6) is -1.67. The van der Waals surface area contributed by atoms with Crippen molar-refractivity contribution in [3.8, 4) is 0 Å². The second-order valence-corrected chi connectivity index (χ2v) is 19.0. The van der Waals surface area contributed by atoms with E-state index in [1.807, 2.05) is 0 Å². The molecule has 7 heteroatoms. The summed E-state index contributed by atoms with van der Waals surface area (Å²) in [6.07, 6.45) is 0. The van der Waals surface area contributed by atoms with Crippen molar-refractivity contribution in [1.29, 1.82) is 0 Å². The Bertz CT molecular complexity index is 1370. The summed E-state index contributed by atoms with van der Waals surface area (Å²) >= 11 is -2.78. The molecule has 0 fully saturated rings. The van der Waals surface area contributed by atoms with E-state index in [-0.39, 0.29) is 20.4 Å². The monoisotopic (exact) mass is 838 g/mol. The van der Waals surface area contributed by atoms with Gasteiger partial charge in [-0.1, -0.05) is 0 Å². The fourth-order valence-electron chi connectivity index (χ4n) is 4.36. The van der Waals surface area contributed by atoms with Crippen LogP contribution < -0.4 is 26.1 Å². The van der Waals surface area contributed by atoms with Crippen LogP contribution in [0.3, 0.4) is 0 Å². The van der Waals surface area contributed by atoms with Gasteiger partial charge in [-0.05, 0) is 0 Å². The van der Waals surface area contributed by atoms with Gasteiger partial charge in [0, 0.05) is 34.3 Å². The molecule has 0 heterocycles. The molecule has 6 rings (SSSR count). The molecule has 6 aromatic rings. The first-order valence-electron chi connectivity index (χ1n) is 14.7. The average molecular weight is 839 g/mol. The van der Waals surface area contributed by atoms with Crippen LogP contribution in [0, 0.1) is 0 Å². The number of hydrogen-bond acceptors (Lipinski definition) is 2. The number of aliphatic carboxylic acids is 2. The van der Waals surface area contributed by atoms with Crippen molar-refractivity contribution >= 4 is 67.3 Å². The van der Waals surface area contributed by atoms with Crippen LogP contribution in [0.1, 0.15) is 13.8 Å². The van der Waals surface area contributed by atoms with Crippen LogP contribution in [0.2, 0.25) is 0 Å². The Labute approximate surface area is 301 Å². The van der Waals surface area contributed by atoms with Crippen molar-refractivity contribution in [3.05, 3.63) is 182 Å². The molecule has 0 bridgehead atoms. The molecule has 0 aliphatic heterocycles. The average Bonchev–Trinajstić information content (AvgIpc) is 3.08. The number of carbonyl (C=O) groups is 2. The molecule has 6 aromatic carbocycles. The van der Waals surface area contributed by atoms with Gasteiger partial charge in [0.1, 0.15) is 0 Å². The second-order valence-electron chi connectivity index (χ2n) is 9.72. The van der Waals surface area contributed by atoms with Gasteiger partial charge in [-0.15, -0.1) is 0 Å². The molecule has 0 aromatic heterocycles. The molecular formula is C40H38As2O4Pd. The van der Waals surface area contributed by atoms with Crippen LogP contribution in [0.5, 0.6) is 0 Å². The van der Waals surface area contributed by atoms with Gasteiger partial charge >= 0.3 is 237 Å². The Kier molecular flexibility index (Phi) is 18.8. The molecule has 0 aliphatic carbocycles. The predicted molar refractivity (Wildman–Crippen MR) is 195 cm³/mol. The molecule has 0 radical (unpaired) electrons. The van der Waals surface area contributed by atoms with E-state index in [4.69, 9.17) is 19.8 Å². The zero-order valence-corrected chi connectivity index (χ0v) is 31.5. The zero-order valence-electron chi connectivity index (χ0n) is 26.2. The maximum absolute atomic E-state index is 9.00. The van der Waals surface area contributed by atoms with Gasteiger partial charge in [-0.3, -0.25) is 9.59 Å². The molecule has 0 saturated heterocycles. The van der Waals surface area contributed by atoms with E-state index in [0.29, 0.717) is 0 Å². The van der Waals surface area contributed by atoms with Crippen molar-refractivity contribution in [2.24, 2.45) is 0 Å². The molecule has 4 nitrogen and oxygen atoms in total. The summed E-state index contributed by atoms with van der Waals surface area (Å²) in [6.45, 7) is 2.17. The first kappa shape index (κ1) is 39.2. The van der Waals surface area contributed by atoms with Gasteiger partial charge in [-0.2, -0.15) is 0 Å². The van der Waals surface area contributed by atoms with Crippen LogP contribution in [-0.2, 0) is 30.0 Å². The Morgan fingerprint density at radius 1 is 0.340 bits per heavy atom. The molecule has 0 unspecified atom stereocenters. The number of carboxylic acid groups (broad SMARTS) is 2. The predicted octanol–water partition coefficient (Wildman–Crippen LogP) is 4.58. The standard InChI is InChI=1S/2C18H15As.2C2H4O2.Pd/c2*1-4-10-16(11-5-1)19(17-12-6-2-7-13-17)18-14-8-3-9-15-18;2*1-2(3)4;/h2*1-15H;2*1H3,(H,3,4);. The third-order valence-corrected chi connectivity index (χ3v) is 16.3. The van der Waals surface area contributed by atoms with Crippen molar-refractivity contribution in [1.82, 2.24) is 0 Å². The third kappa shape index (κ3) is 14.6. The van der Waals surface area contributed by atoms with Gasteiger partial charge in [0.05, 0.1) is 0 Å². The Balaban J connectivity index is 0.000000262. The Morgan fingerprint density at radius 3 is 0.553 bits per heavy atom. The molecular weight excluding hydrogens is 801 g/mol. The maximum atomic E-state index is 9.00. The van der Waals surface area contributed by atoms with Crippen molar-refractivity contribution < 1.29 is 40.2 Å². The minimum atomic E-state index is -1.39. The molecule has 2 N–H and O–H groups in total. The Hall–Kier alpha value is -3.96. The van der Waals surface area contributed by atoms with Gasteiger partial charge in [0.2, 0.25) is 0 Å². The van der Waals surface area contributed by atoms with Crippen molar-refractivity contribution in [2.45, 2.75) is 13.8 Å². The fraction of sp³-hybridized carbons (Fsp3) is 0.0500. The van der Waals surface area contributed by atoms with Crippen molar-refractivity contribution in [2.75, 3.05) is 0 Å². The summed E-state index contributed by atoms with van der Waals surface area (Å²) in [5.41, 5.74) is 0. The molecule has 47 heavy (non-hydrogen) atoms. The van der Waals surface area contributed by atoms with E-state index in [1.54, 1.807) is 0 Å². The van der Waals surface area contributed by atoms with E-state index < -0.39 is 41.2 Å². The zero-order chi connectivity index (χ0) is 33.0. The summed E-state index contributed by atoms with van der Waals surface area (Å²) in [7, 11) is 0. The number of benzene rings is 6. The third-order valence-electron chi connectivity index (χ3n) is 6.09. The van der Waals surface area contributed by atoms with Crippen molar-refractivity contribution in [3.63, 3.8) is 0 Å². The summed E-state index contributed by atoms with van der Waals surface area (Å²) in [5, 5.41) is 14.8. The van der Waals surface area contributed by atoms with E-state index in [9.17, 15) is 0 Å². The summed E-state index contributed by atoms with van der Waals surface area (Å²) < 4.78 is 8.87. The fourth-order valence-corrected chi connectivity index (χ4v) is 14.0. The van der Waals surface area contributed by atoms with E-state index in [0.717, 1.165) is 13.8 Å². The molecule has 0 atom stereocenters.